The van der Waals surface area contributed by atoms with E-state index in [1.165, 1.54) is 18.3 Å². The minimum atomic E-state index is -1.08. The molecule has 8 heteroatoms. The van der Waals surface area contributed by atoms with Gasteiger partial charge in [0.05, 0.1) is 10.6 Å². The number of hydrogen-bond acceptors (Lipinski definition) is 6. The molecule has 2 bridgehead atoms. The molecule has 0 saturated carbocycles. The number of thiazole rings is 1. The number of carbonyl (C=O) groups is 1. The van der Waals surface area contributed by atoms with Gasteiger partial charge in [-0.1, -0.05) is 53.3 Å². The molecule has 0 spiro atoms. The summed E-state index contributed by atoms with van der Waals surface area (Å²) in [4.78, 5) is 31.6. The van der Waals surface area contributed by atoms with E-state index in [2.05, 4.69) is 0 Å². The summed E-state index contributed by atoms with van der Waals surface area (Å²) in [7, 11) is 0. The Morgan fingerprint density at radius 2 is 2.00 bits per heavy atom. The highest BCUT2D eigenvalue weighted by Crippen LogP contribution is 2.47. The van der Waals surface area contributed by atoms with Crippen molar-refractivity contribution in [2.75, 3.05) is 0 Å². The first kappa shape index (κ1) is 21.1. The van der Waals surface area contributed by atoms with Crippen LogP contribution in [0.3, 0.4) is 0 Å². The van der Waals surface area contributed by atoms with Gasteiger partial charge in [-0.2, -0.15) is 0 Å². The van der Waals surface area contributed by atoms with E-state index in [1.54, 1.807) is 16.7 Å². The SMILES string of the molecule is CC(=O)C1C2c3ccccc3OC1(C)N=c1sc(=Cc3ccc(-c4cccc(Cl)c4)o3)c(=O)n12. The molecule has 34 heavy (non-hydrogen) atoms. The van der Waals surface area contributed by atoms with Crippen LogP contribution in [0.2, 0.25) is 5.02 Å². The molecule has 2 aromatic carbocycles. The molecule has 2 aliphatic heterocycles. The summed E-state index contributed by atoms with van der Waals surface area (Å²) in [6.45, 7) is 3.33. The van der Waals surface area contributed by atoms with Gasteiger partial charge in [0, 0.05) is 22.2 Å². The van der Waals surface area contributed by atoms with Crippen molar-refractivity contribution < 1.29 is 13.9 Å². The van der Waals surface area contributed by atoms with Crippen LogP contribution in [-0.4, -0.2) is 16.1 Å². The van der Waals surface area contributed by atoms with Gasteiger partial charge in [0.2, 0.25) is 5.72 Å². The summed E-state index contributed by atoms with van der Waals surface area (Å²) in [6.07, 6.45) is 1.71. The molecule has 3 unspecified atom stereocenters. The highest BCUT2D eigenvalue weighted by Gasteiger charge is 2.53. The smallest absolute Gasteiger partial charge is 0.271 e. The van der Waals surface area contributed by atoms with Crippen molar-refractivity contribution in [3.05, 3.63) is 96.7 Å². The number of hydrogen-bond donors (Lipinski definition) is 0. The zero-order valence-corrected chi connectivity index (χ0v) is 19.9. The molecule has 0 saturated heterocycles. The van der Waals surface area contributed by atoms with Gasteiger partial charge in [-0.3, -0.25) is 14.2 Å². The second-order valence-corrected chi connectivity index (χ2v) is 10.1. The molecule has 4 heterocycles. The van der Waals surface area contributed by atoms with E-state index in [-0.39, 0.29) is 11.3 Å². The van der Waals surface area contributed by atoms with Gasteiger partial charge in [0.25, 0.3) is 5.56 Å². The number of aromatic nitrogens is 1. The van der Waals surface area contributed by atoms with Gasteiger partial charge in [-0.15, -0.1) is 0 Å². The molecular formula is C26H19ClN2O4S. The van der Waals surface area contributed by atoms with E-state index >= 15 is 0 Å². The van der Waals surface area contributed by atoms with Crippen LogP contribution in [0, 0.1) is 5.92 Å². The quantitative estimate of drug-likeness (QED) is 0.431. The van der Waals surface area contributed by atoms with Crippen molar-refractivity contribution in [1.82, 2.24) is 4.57 Å². The molecular weight excluding hydrogens is 472 g/mol. The lowest BCUT2D eigenvalue weighted by molar-refractivity contribution is -0.132. The Hall–Kier alpha value is -3.42. The molecule has 0 aliphatic carbocycles. The maximum absolute atomic E-state index is 13.6. The van der Waals surface area contributed by atoms with Crippen molar-refractivity contribution in [2.45, 2.75) is 25.6 Å². The Kier molecular flexibility index (Phi) is 4.69. The molecule has 2 aromatic heterocycles. The summed E-state index contributed by atoms with van der Waals surface area (Å²) in [5.74, 6) is 1.16. The first-order chi connectivity index (χ1) is 16.3. The fraction of sp³-hybridized carbons (Fsp3) is 0.192. The second-order valence-electron chi connectivity index (χ2n) is 8.62. The molecule has 6 rings (SSSR count). The van der Waals surface area contributed by atoms with Gasteiger partial charge in [0.15, 0.2) is 4.80 Å². The van der Waals surface area contributed by atoms with Crippen molar-refractivity contribution >= 4 is 34.8 Å². The molecule has 3 atom stereocenters. The fourth-order valence-corrected chi connectivity index (χ4v) is 6.18. The van der Waals surface area contributed by atoms with Gasteiger partial charge in [-0.05, 0) is 44.2 Å². The molecule has 0 N–H and O–H groups in total. The highest BCUT2D eigenvalue weighted by molar-refractivity contribution is 7.07. The highest BCUT2D eigenvalue weighted by atomic mass is 35.5. The normalized spacial score (nSPS) is 23.0. The number of carbonyl (C=O) groups excluding carboxylic acids is 1. The van der Waals surface area contributed by atoms with Gasteiger partial charge in [-0.25, -0.2) is 4.99 Å². The third-order valence-corrected chi connectivity index (χ3v) is 7.55. The van der Waals surface area contributed by atoms with Gasteiger partial charge < -0.3 is 9.15 Å². The van der Waals surface area contributed by atoms with Crippen LogP contribution in [0.4, 0.5) is 0 Å². The zero-order valence-electron chi connectivity index (χ0n) is 18.3. The maximum Gasteiger partial charge on any atom is 0.271 e. The number of Topliss-reactive ketones (excluding diaryl/α,β-unsaturated/α-hetero) is 1. The number of benzene rings is 2. The zero-order chi connectivity index (χ0) is 23.6. The number of furan rings is 1. The van der Waals surface area contributed by atoms with E-state index in [1.807, 2.05) is 61.5 Å². The van der Waals surface area contributed by atoms with Crippen LogP contribution in [0.1, 0.15) is 31.2 Å². The van der Waals surface area contributed by atoms with Gasteiger partial charge in [0.1, 0.15) is 29.0 Å². The summed E-state index contributed by atoms with van der Waals surface area (Å²) >= 11 is 7.36. The fourth-order valence-electron chi connectivity index (χ4n) is 4.91. The van der Waals surface area contributed by atoms with Gasteiger partial charge >= 0.3 is 0 Å². The van der Waals surface area contributed by atoms with E-state index in [0.717, 1.165) is 11.1 Å². The van der Waals surface area contributed by atoms with Crippen LogP contribution < -0.4 is 19.6 Å². The first-order valence-electron chi connectivity index (χ1n) is 10.8. The number of ketones is 1. The predicted octanol–water partition coefficient (Wildman–Crippen LogP) is 4.19. The monoisotopic (exact) mass is 490 g/mol. The largest absolute Gasteiger partial charge is 0.465 e. The molecule has 0 fully saturated rings. The minimum Gasteiger partial charge on any atom is -0.465 e. The Labute approximate surface area is 203 Å². The number of nitrogens with zero attached hydrogens (tertiary/aromatic N) is 2. The van der Waals surface area contributed by atoms with Crippen LogP contribution in [0.25, 0.3) is 17.4 Å². The summed E-state index contributed by atoms with van der Waals surface area (Å²) in [5.41, 5.74) is 0.372. The Balaban J connectivity index is 1.52. The second kappa shape index (κ2) is 7.55. The Morgan fingerprint density at radius 3 is 2.79 bits per heavy atom. The van der Waals surface area contributed by atoms with E-state index in [0.29, 0.717) is 31.6 Å². The number of rotatable bonds is 3. The minimum absolute atomic E-state index is 0.0720. The maximum atomic E-state index is 13.6. The molecule has 4 aromatic rings. The average molecular weight is 491 g/mol. The Bertz CT molecular complexity index is 1650. The molecule has 170 valence electrons. The predicted molar refractivity (Wildman–Crippen MR) is 130 cm³/mol. The molecule has 0 radical (unpaired) electrons. The van der Waals surface area contributed by atoms with Crippen molar-refractivity contribution in [3.8, 4) is 17.1 Å². The van der Waals surface area contributed by atoms with E-state index in [4.69, 9.17) is 25.7 Å². The average Bonchev–Trinajstić information content (AvgIpc) is 3.37. The first-order valence-corrected chi connectivity index (χ1v) is 12.0. The molecule has 2 aliphatic rings. The van der Waals surface area contributed by atoms with Crippen molar-refractivity contribution in [3.63, 3.8) is 0 Å². The third kappa shape index (κ3) is 3.19. The summed E-state index contributed by atoms with van der Waals surface area (Å²) in [6, 6.07) is 18.1. The molecule has 6 nitrogen and oxygen atoms in total. The number of fused-ring (bicyclic) bond motifs is 6. The van der Waals surface area contributed by atoms with Crippen LogP contribution in [0.5, 0.6) is 5.75 Å². The Morgan fingerprint density at radius 1 is 1.18 bits per heavy atom. The van der Waals surface area contributed by atoms with Crippen LogP contribution >= 0.6 is 22.9 Å². The summed E-state index contributed by atoms with van der Waals surface area (Å²) < 4.78 is 14.3. The van der Waals surface area contributed by atoms with Crippen molar-refractivity contribution in [1.29, 1.82) is 0 Å². The number of ether oxygens (including phenoxy) is 1. The summed E-state index contributed by atoms with van der Waals surface area (Å²) in [5, 5.41) is 0.618. The van der Waals surface area contributed by atoms with Crippen molar-refractivity contribution in [2.24, 2.45) is 10.9 Å². The lowest BCUT2D eigenvalue weighted by Gasteiger charge is -2.45. The number of halogens is 1. The van der Waals surface area contributed by atoms with E-state index < -0.39 is 17.7 Å². The van der Waals surface area contributed by atoms with Crippen LogP contribution in [-0.2, 0) is 4.79 Å². The lowest BCUT2D eigenvalue weighted by atomic mass is 9.79. The number of para-hydroxylation sites is 1. The third-order valence-electron chi connectivity index (χ3n) is 6.33. The standard InChI is InChI=1S/C26H19ClN2O4S/c1-14(30)22-23-18-8-3-4-9-20(18)33-26(22,2)28-25-29(23)24(31)21(34-25)13-17-10-11-19(32-17)15-6-5-7-16(27)12-15/h3-13,22-23H,1-2H3. The van der Waals surface area contributed by atoms with E-state index in [9.17, 15) is 9.59 Å². The topological polar surface area (TPSA) is 73.8 Å². The molecule has 0 amide bonds. The lowest BCUT2D eigenvalue weighted by Crippen LogP contribution is -2.58. The van der Waals surface area contributed by atoms with Crippen LogP contribution in [0.15, 0.2) is 74.9 Å².